The van der Waals surface area contributed by atoms with Gasteiger partial charge in [-0.15, -0.1) is 0 Å². The molecule has 0 N–H and O–H groups in total. The molecule has 0 saturated carbocycles. The van der Waals surface area contributed by atoms with E-state index < -0.39 is 26.0 Å². The Labute approximate surface area is 197 Å². The molecule has 0 unspecified atom stereocenters. The van der Waals surface area contributed by atoms with Gasteiger partial charge in [-0.1, -0.05) is 92.8 Å². The highest BCUT2D eigenvalue weighted by Crippen LogP contribution is 2.40. The topological polar surface area (TPSA) is 23.8 Å². The van der Waals surface area contributed by atoms with Gasteiger partial charge in [0.05, 0.1) is 0 Å². The van der Waals surface area contributed by atoms with Gasteiger partial charge in [-0.3, -0.25) is 0 Å². The second kappa shape index (κ2) is 10.9. The summed E-state index contributed by atoms with van der Waals surface area (Å²) in [6, 6.07) is 24.8. The van der Waals surface area contributed by atoms with Crippen molar-refractivity contribution in [3.63, 3.8) is 0 Å². The van der Waals surface area contributed by atoms with E-state index in [1.807, 2.05) is 30.3 Å². The standard InChI is InChI=1S/C29H31F2NSi/c1-2-3-7-14-33-15-12-21(13-16-33)23-10-11-25(22-8-5-4-6-9-22)26(17-23)24-18-28(30)27(20-32)29(31)19-24/h4-6,8-11,17-19,21,33H,2-3,7,12-16H2,1H3. The Hall–Kier alpha value is -2.77. The zero-order chi connectivity index (χ0) is 23.2. The third-order valence-electron chi connectivity index (χ3n) is 7.13. The lowest BCUT2D eigenvalue weighted by molar-refractivity contribution is 0.577. The maximum Gasteiger partial charge on any atom is 0.144 e. The number of nitriles is 1. The van der Waals surface area contributed by atoms with Gasteiger partial charge in [-0.25, -0.2) is 8.78 Å². The van der Waals surface area contributed by atoms with Gasteiger partial charge in [0.25, 0.3) is 0 Å². The first-order valence-corrected chi connectivity index (χ1v) is 14.6. The molecule has 0 bridgehead atoms. The Balaban J connectivity index is 1.67. The quantitative estimate of drug-likeness (QED) is 0.257. The van der Waals surface area contributed by atoms with Gasteiger partial charge in [-0.2, -0.15) is 5.26 Å². The molecule has 0 aromatic heterocycles. The van der Waals surface area contributed by atoms with Gasteiger partial charge in [0.15, 0.2) is 0 Å². The molecular weight excluding hydrogens is 428 g/mol. The van der Waals surface area contributed by atoms with Crippen molar-refractivity contribution in [1.29, 1.82) is 5.26 Å². The van der Waals surface area contributed by atoms with Gasteiger partial charge in [0.1, 0.15) is 23.3 Å². The van der Waals surface area contributed by atoms with E-state index in [4.69, 9.17) is 5.26 Å². The SMILES string of the molecule is CCCCC[SiH]1CCC(c2ccc(-c3ccccc3)c(-c3cc(F)c(C#N)c(F)c3)c2)CC1. The monoisotopic (exact) mass is 459 g/mol. The molecule has 4 heteroatoms. The van der Waals surface area contributed by atoms with Crippen LogP contribution in [-0.2, 0) is 0 Å². The average molecular weight is 460 g/mol. The van der Waals surface area contributed by atoms with Crippen molar-refractivity contribution in [2.24, 2.45) is 0 Å². The number of halogens is 2. The first-order valence-electron chi connectivity index (χ1n) is 12.2. The number of hydrogen-bond acceptors (Lipinski definition) is 1. The van der Waals surface area contributed by atoms with Crippen molar-refractivity contribution in [3.05, 3.63) is 83.4 Å². The zero-order valence-electron chi connectivity index (χ0n) is 19.3. The van der Waals surface area contributed by atoms with Crippen molar-refractivity contribution < 1.29 is 8.78 Å². The lowest BCUT2D eigenvalue weighted by Gasteiger charge is -2.28. The van der Waals surface area contributed by atoms with E-state index in [9.17, 15) is 8.78 Å². The maximum atomic E-state index is 14.5. The molecule has 3 aromatic carbocycles. The molecule has 1 fully saturated rings. The molecule has 0 amide bonds. The molecule has 170 valence electrons. The van der Waals surface area contributed by atoms with E-state index >= 15 is 0 Å². The molecule has 0 atom stereocenters. The third kappa shape index (κ3) is 5.42. The molecule has 0 radical (unpaired) electrons. The summed E-state index contributed by atoms with van der Waals surface area (Å²) in [6.07, 6.45) is 6.49. The van der Waals surface area contributed by atoms with Crippen molar-refractivity contribution >= 4 is 8.80 Å². The molecule has 1 aliphatic rings. The van der Waals surface area contributed by atoms with Crippen LogP contribution in [-0.4, -0.2) is 8.80 Å². The summed E-state index contributed by atoms with van der Waals surface area (Å²) in [6.45, 7) is 2.26. The third-order valence-corrected chi connectivity index (χ3v) is 10.7. The van der Waals surface area contributed by atoms with Gasteiger partial charge >= 0.3 is 0 Å². The van der Waals surface area contributed by atoms with Crippen LogP contribution in [0.3, 0.4) is 0 Å². The van der Waals surface area contributed by atoms with Crippen LogP contribution in [0.2, 0.25) is 18.1 Å². The summed E-state index contributed by atoms with van der Waals surface area (Å²) in [4.78, 5) is 0. The van der Waals surface area contributed by atoms with E-state index in [0.29, 0.717) is 11.5 Å². The van der Waals surface area contributed by atoms with Gasteiger partial charge in [0.2, 0.25) is 0 Å². The predicted molar refractivity (Wildman–Crippen MR) is 135 cm³/mol. The van der Waals surface area contributed by atoms with Crippen LogP contribution in [0.25, 0.3) is 22.3 Å². The van der Waals surface area contributed by atoms with Crippen LogP contribution in [0.4, 0.5) is 8.78 Å². The zero-order valence-corrected chi connectivity index (χ0v) is 20.4. The van der Waals surface area contributed by atoms with Gasteiger partial charge in [0, 0.05) is 8.80 Å². The molecule has 1 heterocycles. The first kappa shape index (κ1) is 23.4. The van der Waals surface area contributed by atoms with Crippen molar-refractivity contribution in [1.82, 2.24) is 0 Å². The van der Waals surface area contributed by atoms with Gasteiger partial charge in [-0.05, 0) is 58.7 Å². The molecule has 33 heavy (non-hydrogen) atoms. The fourth-order valence-electron chi connectivity index (χ4n) is 5.23. The van der Waals surface area contributed by atoms with Crippen molar-refractivity contribution in [2.75, 3.05) is 0 Å². The highest BCUT2D eigenvalue weighted by Gasteiger charge is 2.24. The number of benzene rings is 3. The maximum absolute atomic E-state index is 14.5. The van der Waals surface area contributed by atoms with Gasteiger partial charge < -0.3 is 0 Å². The minimum Gasteiger partial charge on any atom is -0.205 e. The fourth-order valence-corrected chi connectivity index (χ4v) is 8.71. The summed E-state index contributed by atoms with van der Waals surface area (Å²) in [5.41, 5.74) is 4.00. The Kier molecular flexibility index (Phi) is 7.72. The fraction of sp³-hybridized carbons (Fsp3) is 0.345. The summed E-state index contributed by atoms with van der Waals surface area (Å²) < 4.78 is 29.0. The van der Waals surface area contributed by atoms with Crippen LogP contribution in [0, 0.1) is 23.0 Å². The second-order valence-electron chi connectivity index (χ2n) is 9.31. The van der Waals surface area contributed by atoms with E-state index in [1.54, 1.807) is 6.07 Å². The summed E-state index contributed by atoms with van der Waals surface area (Å²) in [5.74, 6) is -1.11. The van der Waals surface area contributed by atoms with E-state index in [1.165, 1.54) is 67.9 Å². The van der Waals surface area contributed by atoms with Crippen LogP contribution >= 0.6 is 0 Å². The molecule has 3 aromatic rings. The second-order valence-corrected chi connectivity index (χ2v) is 12.8. The average Bonchev–Trinajstić information content (AvgIpc) is 2.85. The molecule has 1 nitrogen and oxygen atoms in total. The highest BCUT2D eigenvalue weighted by atomic mass is 28.3. The number of hydrogen-bond donors (Lipinski definition) is 0. The summed E-state index contributed by atoms with van der Waals surface area (Å²) in [7, 11) is -0.603. The van der Waals surface area contributed by atoms with Crippen LogP contribution < -0.4 is 0 Å². The minimum absolute atomic E-state index is 0.479. The normalized spacial score (nSPS) is 18.1. The van der Waals surface area contributed by atoms with E-state index in [-0.39, 0.29) is 0 Å². The molecular formula is C29H31F2NSi. The lowest BCUT2D eigenvalue weighted by atomic mass is 9.87. The first-order chi connectivity index (χ1) is 16.1. The predicted octanol–water partition coefficient (Wildman–Crippen LogP) is 8.47. The van der Waals surface area contributed by atoms with Crippen LogP contribution in [0.5, 0.6) is 0 Å². The number of nitrogens with zero attached hydrogens (tertiary/aromatic N) is 1. The number of rotatable bonds is 7. The number of unbranched alkanes of at least 4 members (excludes halogenated alkanes) is 2. The molecule has 1 saturated heterocycles. The summed E-state index contributed by atoms with van der Waals surface area (Å²) >= 11 is 0. The van der Waals surface area contributed by atoms with Crippen molar-refractivity contribution in [2.45, 2.75) is 63.1 Å². The molecule has 1 aliphatic heterocycles. The van der Waals surface area contributed by atoms with Crippen LogP contribution in [0.15, 0.2) is 60.7 Å². The summed E-state index contributed by atoms with van der Waals surface area (Å²) in [5, 5.41) is 9.07. The smallest absolute Gasteiger partial charge is 0.144 e. The van der Waals surface area contributed by atoms with Crippen molar-refractivity contribution in [3.8, 4) is 28.3 Å². The minimum atomic E-state index is -0.810. The van der Waals surface area contributed by atoms with Crippen LogP contribution in [0.1, 0.15) is 56.1 Å². The lowest BCUT2D eigenvalue weighted by Crippen LogP contribution is -2.20. The van der Waals surface area contributed by atoms with E-state index in [0.717, 1.165) is 16.7 Å². The largest absolute Gasteiger partial charge is 0.205 e. The Morgan fingerprint density at radius 2 is 1.58 bits per heavy atom. The highest BCUT2D eigenvalue weighted by molar-refractivity contribution is 6.59. The van der Waals surface area contributed by atoms with E-state index in [2.05, 4.69) is 25.1 Å². The Morgan fingerprint density at radius 3 is 2.21 bits per heavy atom. The Bertz CT molecular complexity index is 1110. The molecule has 0 spiro atoms. The molecule has 0 aliphatic carbocycles. The Morgan fingerprint density at radius 1 is 0.879 bits per heavy atom. The molecule has 4 rings (SSSR count).